The maximum atomic E-state index is 6.12. The maximum Gasteiger partial charge on any atom is 0.139 e. The summed E-state index contributed by atoms with van der Waals surface area (Å²) in [6, 6.07) is 13.8. The molecule has 1 aromatic carbocycles. The quantitative estimate of drug-likeness (QED) is 0.746. The lowest BCUT2D eigenvalue weighted by Gasteiger charge is -1.99. The van der Waals surface area contributed by atoms with E-state index in [1.165, 1.54) is 0 Å². The van der Waals surface area contributed by atoms with E-state index in [0.29, 0.717) is 5.82 Å². The molecule has 0 aliphatic rings. The molecule has 0 radical (unpaired) electrons. The molecule has 17 heavy (non-hydrogen) atoms. The number of benzene rings is 1. The van der Waals surface area contributed by atoms with Crippen molar-refractivity contribution < 1.29 is 0 Å². The summed E-state index contributed by atoms with van der Waals surface area (Å²) in [7, 11) is 0. The van der Waals surface area contributed by atoms with E-state index in [1.807, 2.05) is 53.1 Å². The highest BCUT2D eigenvalue weighted by Crippen LogP contribution is 2.27. The highest BCUT2D eigenvalue weighted by molar-refractivity contribution is 9.10. The molecular formula is C13H10BrN3. The standard InChI is InChI=1S/C13H10BrN3/c14-10-6-7-11-16-12(13(15)17(11)8-10)9-4-2-1-3-5-9/h1-8H,15H2. The zero-order chi connectivity index (χ0) is 11.8. The van der Waals surface area contributed by atoms with Crippen molar-refractivity contribution in [2.24, 2.45) is 0 Å². The van der Waals surface area contributed by atoms with E-state index >= 15 is 0 Å². The Balaban J connectivity index is 2.28. The van der Waals surface area contributed by atoms with Crippen molar-refractivity contribution in [3.63, 3.8) is 0 Å². The van der Waals surface area contributed by atoms with Crippen LogP contribution in [0, 0.1) is 0 Å². The topological polar surface area (TPSA) is 43.3 Å². The predicted molar refractivity (Wildman–Crippen MR) is 72.7 cm³/mol. The monoisotopic (exact) mass is 287 g/mol. The Hall–Kier alpha value is -1.81. The van der Waals surface area contributed by atoms with Gasteiger partial charge < -0.3 is 5.73 Å². The first-order valence-electron chi connectivity index (χ1n) is 5.24. The molecule has 0 aliphatic heterocycles. The van der Waals surface area contributed by atoms with Crippen molar-refractivity contribution in [3.8, 4) is 11.3 Å². The van der Waals surface area contributed by atoms with Gasteiger partial charge in [0.25, 0.3) is 0 Å². The number of hydrogen-bond donors (Lipinski definition) is 1. The van der Waals surface area contributed by atoms with Crippen LogP contribution in [0.15, 0.2) is 53.1 Å². The van der Waals surface area contributed by atoms with Crippen molar-refractivity contribution >= 4 is 27.4 Å². The molecule has 0 spiro atoms. The van der Waals surface area contributed by atoms with Crippen LogP contribution in [0.2, 0.25) is 0 Å². The molecule has 0 saturated carbocycles. The Bertz CT molecular complexity index is 674. The minimum absolute atomic E-state index is 0.660. The Morgan fingerprint density at radius 2 is 1.82 bits per heavy atom. The predicted octanol–water partition coefficient (Wildman–Crippen LogP) is 3.35. The van der Waals surface area contributed by atoms with Gasteiger partial charge in [-0.25, -0.2) is 4.98 Å². The minimum atomic E-state index is 0.660. The summed E-state index contributed by atoms with van der Waals surface area (Å²) in [5.41, 5.74) is 8.83. The molecule has 2 heterocycles. The second kappa shape index (κ2) is 3.89. The fourth-order valence-electron chi connectivity index (χ4n) is 1.85. The lowest BCUT2D eigenvalue weighted by Crippen LogP contribution is -1.93. The second-order valence-electron chi connectivity index (χ2n) is 3.79. The summed E-state index contributed by atoms with van der Waals surface area (Å²) < 4.78 is 2.86. The number of imidazole rings is 1. The van der Waals surface area contributed by atoms with Crippen molar-refractivity contribution in [1.29, 1.82) is 0 Å². The molecule has 2 aromatic heterocycles. The summed E-state index contributed by atoms with van der Waals surface area (Å²) in [4.78, 5) is 4.54. The van der Waals surface area contributed by atoms with Gasteiger partial charge in [0.1, 0.15) is 17.2 Å². The molecule has 84 valence electrons. The molecule has 4 heteroatoms. The number of nitrogens with zero attached hydrogens (tertiary/aromatic N) is 2. The SMILES string of the molecule is Nc1c(-c2ccccc2)nc2ccc(Br)cn12. The van der Waals surface area contributed by atoms with Crippen molar-refractivity contribution in [3.05, 3.63) is 53.1 Å². The number of nitrogen functional groups attached to an aromatic ring is 1. The second-order valence-corrected chi connectivity index (χ2v) is 4.70. The van der Waals surface area contributed by atoms with Gasteiger partial charge in [-0.1, -0.05) is 30.3 Å². The minimum Gasteiger partial charge on any atom is -0.383 e. The Kier molecular flexibility index (Phi) is 2.37. The van der Waals surface area contributed by atoms with Gasteiger partial charge in [-0.3, -0.25) is 4.40 Å². The number of anilines is 1. The van der Waals surface area contributed by atoms with Crippen LogP contribution in [0.3, 0.4) is 0 Å². The third kappa shape index (κ3) is 1.70. The third-order valence-corrected chi connectivity index (χ3v) is 3.14. The summed E-state index contributed by atoms with van der Waals surface area (Å²) in [5.74, 6) is 0.660. The Labute approximate surface area is 107 Å². The lowest BCUT2D eigenvalue weighted by atomic mass is 10.1. The van der Waals surface area contributed by atoms with E-state index in [4.69, 9.17) is 5.73 Å². The lowest BCUT2D eigenvalue weighted by molar-refractivity contribution is 1.18. The fraction of sp³-hybridized carbons (Fsp3) is 0. The molecule has 0 amide bonds. The van der Waals surface area contributed by atoms with Gasteiger partial charge in [-0.15, -0.1) is 0 Å². The fourth-order valence-corrected chi connectivity index (χ4v) is 2.18. The Morgan fingerprint density at radius 1 is 1.06 bits per heavy atom. The molecule has 3 rings (SSSR count). The number of rotatable bonds is 1. The zero-order valence-corrected chi connectivity index (χ0v) is 10.6. The van der Waals surface area contributed by atoms with Crippen LogP contribution >= 0.6 is 15.9 Å². The molecule has 0 bridgehead atoms. The largest absolute Gasteiger partial charge is 0.383 e. The maximum absolute atomic E-state index is 6.12. The molecule has 0 aliphatic carbocycles. The number of aromatic nitrogens is 2. The van der Waals surface area contributed by atoms with Crippen molar-refractivity contribution in [2.75, 3.05) is 5.73 Å². The average molecular weight is 288 g/mol. The number of pyridine rings is 1. The summed E-state index contributed by atoms with van der Waals surface area (Å²) >= 11 is 3.43. The molecule has 3 aromatic rings. The summed E-state index contributed by atoms with van der Waals surface area (Å²) in [6.45, 7) is 0. The van der Waals surface area contributed by atoms with Crippen LogP contribution in [0.1, 0.15) is 0 Å². The normalized spacial score (nSPS) is 10.9. The van der Waals surface area contributed by atoms with Crippen LogP contribution in [-0.4, -0.2) is 9.38 Å². The van der Waals surface area contributed by atoms with Crippen LogP contribution < -0.4 is 5.73 Å². The van der Waals surface area contributed by atoms with Gasteiger partial charge >= 0.3 is 0 Å². The van der Waals surface area contributed by atoms with Gasteiger partial charge in [0.15, 0.2) is 0 Å². The van der Waals surface area contributed by atoms with Gasteiger partial charge in [0, 0.05) is 16.2 Å². The first-order chi connectivity index (χ1) is 8.25. The molecule has 2 N–H and O–H groups in total. The highest BCUT2D eigenvalue weighted by atomic mass is 79.9. The van der Waals surface area contributed by atoms with Gasteiger partial charge in [0.2, 0.25) is 0 Å². The summed E-state index contributed by atoms with van der Waals surface area (Å²) in [5, 5.41) is 0. The zero-order valence-electron chi connectivity index (χ0n) is 8.97. The molecular weight excluding hydrogens is 278 g/mol. The molecule has 0 unspecified atom stereocenters. The third-order valence-electron chi connectivity index (χ3n) is 2.67. The molecule has 0 fully saturated rings. The molecule has 0 atom stereocenters. The smallest absolute Gasteiger partial charge is 0.139 e. The van der Waals surface area contributed by atoms with E-state index in [0.717, 1.165) is 21.4 Å². The summed E-state index contributed by atoms with van der Waals surface area (Å²) in [6.07, 6.45) is 1.92. The highest BCUT2D eigenvalue weighted by Gasteiger charge is 2.10. The number of halogens is 1. The van der Waals surface area contributed by atoms with E-state index in [2.05, 4.69) is 20.9 Å². The van der Waals surface area contributed by atoms with Crippen LogP contribution in [0.5, 0.6) is 0 Å². The average Bonchev–Trinajstić information content (AvgIpc) is 2.68. The van der Waals surface area contributed by atoms with Crippen LogP contribution in [0.4, 0.5) is 5.82 Å². The van der Waals surface area contributed by atoms with E-state index in [-0.39, 0.29) is 0 Å². The van der Waals surface area contributed by atoms with Crippen molar-refractivity contribution in [2.45, 2.75) is 0 Å². The Morgan fingerprint density at radius 3 is 2.59 bits per heavy atom. The number of hydrogen-bond acceptors (Lipinski definition) is 2. The van der Waals surface area contributed by atoms with Gasteiger partial charge in [0.05, 0.1) is 0 Å². The van der Waals surface area contributed by atoms with E-state index in [9.17, 15) is 0 Å². The van der Waals surface area contributed by atoms with Crippen LogP contribution in [-0.2, 0) is 0 Å². The first kappa shape index (κ1) is 10.4. The van der Waals surface area contributed by atoms with Gasteiger partial charge in [-0.05, 0) is 28.1 Å². The number of nitrogens with two attached hydrogens (primary N) is 1. The molecule has 0 saturated heterocycles. The van der Waals surface area contributed by atoms with Gasteiger partial charge in [-0.2, -0.15) is 0 Å². The van der Waals surface area contributed by atoms with Crippen LogP contribution in [0.25, 0.3) is 16.9 Å². The van der Waals surface area contributed by atoms with E-state index < -0.39 is 0 Å². The van der Waals surface area contributed by atoms with Crippen molar-refractivity contribution in [1.82, 2.24) is 9.38 Å². The van der Waals surface area contributed by atoms with E-state index in [1.54, 1.807) is 0 Å². The molecule has 3 nitrogen and oxygen atoms in total. The number of fused-ring (bicyclic) bond motifs is 1. The first-order valence-corrected chi connectivity index (χ1v) is 6.03.